The fourth-order valence-corrected chi connectivity index (χ4v) is 2.32. The number of esters is 1. The topological polar surface area (TPSA) is 46.5 Å². The van der Waals surface area contributed by atoms with Crippen LogP contribution in [0, 0.1) is 5.41 Å². The van der Waals surface area contributed by atoms with Crippen molar-refractivity contribution in [1.82, 2.24) is 0 Å². The van der Waals surface area contributed by atoms with E-state index < -0.39 is 0 Å². The van der Waals surface area contributed by atoms with Crippen molar-refractivity contribution in [3.63, 3.8) is 0 Å². The molecule has 3 heteroatoms. The van der Waals surface area contributed by atoms with Gasteiger partial charge in [0, 0.05) is 6.42 Å². The molecule has 0 aromatic heterocycles. The average molecular weight is 240 g/mol. The van der Waals surface area contributed by atoms with Gasteiger partial charge in [-0.1, -0.05) is 19.9 Å². The number of hydrogen-bond acceptors (Lipinski definition) is 3. The van der Waals surface area contributed by atoms with Crippen LogP contribution in [0.1, 0.15) is 52.4 Å². The molecule has 0 radical (unpaired) electrons. The molecule has 3 nitrogen and oxygen atoms in total. The van der Waals surface area contributed by atoms with Gasteiger partial charge in [-0.25, -0.2) is 0 Å². The predicted octanol–water partition coefficient (Wildman–Crippen LogP) is 2.83. The minimum Gasteiger partial charge on any atom is -0.469 e. The SMILES string of the molecule is COC(=O)CCC/C=C1\CC(C)(C)CC[C@H]1O. The van der Waals surface area contributed by atoms with E-state index in [9.17, 15) is 9.90 Å². The second kappa shape index (κ2) is 6.20. The van der Waals surface area contributed by atoms with E-state index in [0.29, 0.717) is 11.8 Å². The standard InChI is InChI=1S/C14H24O3/c1-14(2)9-8-12(15)11(10-14)6-4-5-7-13(16)17-3/h6,12,15H,4-5,7-10H2,1-3H3/b11-6+/t12-/m1/s1. The molecule has 1 N–H and O–H groups in total. The first-order valence-electron chi connectivity index (χ1n) is 6.38. The van der Waals surface area contributed by atoms with Gasteiger partial charge in [-0.2, -0.15) is 0 Å². The van der Waals surface area contributed by atoms with Crippen molar-refractivity contribution in [2.75, 3.05) is 7.11 Å². The number of allylic oxidation sites excluding steroid dienone is 1. The van der Waals surface area contributed by atoms with E-state index in [1.165, 1.54) is 7.11 Å². The zero-order valence-corrected chi connectivity index (χ0v) is 11.2. The van der Waals surface area contributed by atoms with Crippen LogP contribution in [-0.2, 0) is 9.53 Å². The number of methoxy groups -OCH3 is 1. The zero-order chi connectivity index (χ0) is 12.9. The molecule has 1 aliphatic rings. The van der Waals surface area contributed by atoms with E-state index in [4.69, 9.17) is 0 Å². The molecule has 1 saturated carbocycles. The molecule has 98 valence electrons. The van der Waals surface area contributed by atoms with Crippen LogP contribution < -0.4 is 0 Å². The third-order valence-corrected chi connectivity index (χ3v) is 3.42. The predicted molar refractivity (Wildman–Crippen MR) is 67.6 cm³/mol. The largest absolute Gasteiger partial charge is 0.469 e. The quantitative estimate of drug-likeness (QED) is 0.467. The van der Waals surface area contributed by atoms with Crippen LogP contribution in [0.4, 0.5) is 0 Å². The van der Waals surface area contributed by atoms with Crippen molar-refractivity contribution < 1.29 is 14.6 Å². The van der Waals surface area contributed by atoms with Crippen LogP contribution in [0.25, 0.3) is 0 Å². The summed E-state index contributed by atoms with van der Waals surface area (Å²) in [5.74, 6) is -0.159. The first-order chi connectivity index (χ1) is 7.94. The summed E-state index contributed by atoms with van der Waals surface area (Å²) in [6.45, 7) is 4.47. The van der Waals surface area contributed by atoms with E-state index in [1.807, 2.05) is 0 Å². The number of carbonyl (C=O) groups excluding carboxylic acids is 1. The Bertz CT molecular complexity index is 292. The summed E-state index contributed by atoms with van der Waals surface area (Å²) in [5.41, 5.74) is 1.44. The Kier molecular flexibility index (Phi) is 5.19. The fourth-order valence-electron chi connectivity index (χ4n) is 2.32. The van der Waals surface area contributed by atoms with Crippen molar-refractivity contribution in [3.8, 4) is 0 Å². The van der Waals surface area contributed by atoms with E-state index in [-0.39, 0.29) is 12.1 Å². The van der Waals surface area contributed by atoms with Crippen molar-refractivity contribution >= 4 is 5.97 Å². The maximum Gasteiger partial charge on any atom is 0.305 e. The molecule has 1 aliphatic carbocycles. The molecule has 0 aliphatic heterocycles. The highest BCUT2D eigenvalue weighted by Crippen LogP contribution is 2.38. The van der Waals surface area contributed by atoms with Crippen LogP contribution in [0.15, 0.2) is 11.6 Å². The Labute approximate surface area is 104 Å². The van der Waals surface area contributed by atoms with Gasteiger partial charge in [0.2, 0.25) is 0 Å². The second-order valence-electron chi connectivity index (χ2n) is 5.64. The van der Waals surface area contributed by atoms with Crippen molar-refractivity contribution in [3.05, 3.63) is 11.6 Å². The monoisotopic (exact) mass is 240 g/mol. The molecule has 0 bridgehead atoms. The first kappa shape index (κ1) is 14.2. The minimum absolute atomic E-state index is 0.159. The van der Waals surface area contributed by atoms with E-state index in [0.717, 1.165) is 37.7 Å². The molecule has 0 spiro atoms. The highest BCUT2D eigenvalue weighted by atomic mass is 16.5. The summed E-state index contributed by atoms with van der Waals surface area (Å²) in [7, 11) is 1.41. The van der Waals surface area contributed by atoms with Crippen LogP contribution in [0.2, 0.25) is 0 Å². The third kappa shape index (κ3) is 4.90. The van der Waals surface area contributed by atoms with Crippen LogP contribution >= 0.6 is 0 Å². The van der Waals surface area contributed by atoms with Gasteiger partial charge < -0.3 is 9.84 Å². The van der Waals surface area contributed by atoms with Gasteiger partial charge in [-0.3, -0.25) is 4.79 Å². The van der Waals surface area contributed by atoms with Crippen LogP contribution in [-0.4, -0.2) is 24.3 Å². The zero-order valence-electron chi connectivity index (χ0n) is 11.2. The molecule has 1 atom stereocenters. The van der Waals surface area contributed by atoms with Gasteiger partial charge in [0.05, 0.1) is 13.2 Å². The van der Waals surface area contributed by atoms with Gasteiger partial charge in [-0.15, -0.1) is 0 Å². The highest BCUT2D eigenvalue weighted by molar-refractivity contribution is 5.69. The molecule has 0 aromatic carbocycles. The fraction of sp³-hybridized carbons (Fsp3) is 0.786. The molecule has 0 aromatic rings. The number of hydrogen-bond donors (Lipinski definition) is 1. The van der Waals surface area contributed by atoms with Gasteiger partial charge >= 0.3 is 5.97 Å². The molecular formula is C14H24O3. The number of carbonyl (C=O) groups is 1. The molecule has 17 heavy (non-hydrogen) atoms. The van der Waals surface area contributed by atoms with Gasteiger partial charge in [-0.05, 0) is 43.1 Å². The Morgan fingerprint density at radius 3 is 2.94 bits per heavy atom. The summed E-state index contributed by atoms with van der Waals surface area (Å²) in [4.78, 5) is 10.9. The second-order valence-corrected chi connectivity index (χ2v) is 5.64. The summed E-state index contributed by atoms with van der Waals surface area (Å²) in [5, 5.41) is 9.90. The molecule has 0 amide bonds. The Morgan fingerprint density at radius 2 is 2.29 bits per heavy atom. The lowest BCUT2D eigenvalue weighted by molar-refractivity contribution is -0.140. The maximum atomic E-state index is 10.9. The van der Waals surface area contributed by atoms with E-state index in [1.54, 1.807) is 0 Å². The molecule has 0 saturated heterocycles. The average Bonchev–Trinajstić information content (AvgIpc) is 2.28. The van der Waals surface area contributed by atoms with Crippen molar-refractivity contribution in [1.29, 1.82) is 0 Å². The maximum absolute atomic E-state index is 10.9. The summed E-state index contributed by atoms with van der Waals surface area (Å²) >= 11 is 0. The highest BCUT2D eigenvalue weighted by Gasteiger charge is 2.28. The lowest BCUT2D eigenvalue weighted by atomic mass is 9.73. The summed E-state index contributed by atoms with van der Waals surface area (Å²) in [6, 6.07) is 0. The van der Waals surface area contributed by atoms with Gasteiger partial charge in [0.15, 0.2) is 0 Å². The Hall–Kier alpha value is -0.830. The van der Waals surface area contributed by atoms with Gasteiger partial charge in [0.25, 0.3) is 0 Å². The third-order valence-electron chi connectivity index (χ3n) is 3.42. The van der Waals surface area contributed by atoms with E-state index in [2.05, 4.69) is 24.7 Å². The van der Waals surface area contributed by atoms with Crippen molar-refractivity contribution in [2.24, 2.45) is 5.41 Å². The Balaban J connectivity index is 2.39. The molecule has 0 heterocycles. The first-order valence-corrected chi connectivity index (χ1v) is 6.38. The minimum atomic E-state index is -0.277. The lowest BCUT2D eigenvalue weighted by Gasteiger charge is -2.34. The van der Waals surface area contributed by atoms with E-state index >= 15 is 0 Å². The summed E-state index contributed by atoms with van der Waals surface area (Å²) < 4.78 is 4.59. The molecule has 0 unspecified atom stereocenters. The van der Waals surface area contributed by atoms with Crippen molar-refractivity contribution in [2.45, 2.75) is 58.5 Å². The van der Waals surface area contributed by atoms with Crippen LogP contribution in [0.3, 0.4) is 0 Å². The van der Waals surface area contributed by atoms with Crippen LogP contribution in [0.5, 0.6) is 0 Å². The number of rotatable bonds is 4. The molecular weight excluding hydrogens is 216 g/mol. The number of aliphatic hydroxyl groups excluding tert-OH is 1. The normalized spacial score (nSPS) is 25.9. The summed E-state index contributed by atoms with van der Waals surface area (Å²) in [6.07, 6.45) is 6.83. The lowest BCUT2D eigenvalue weighted by Crippen LogP contribution is -2.26. The number of ether oxygens (including phenoxy) is 1. The number of aliphatic hydroxyl groups is 1. The molecule has 1 rings (SSSR count). The van der Waals surface area contributed by atoms with Gasteiger partial charge in [0.1, 0.15) is 0 Å². The molecule has 1 fully saturated rings. The number of unbranched alkanes of at least 4 members (excludes halogenated alkanes) is 1. The Morgan fingerprint density at radius 1 is 1.59 bits per heavy atom. The smallest absolute Gasteiger partial charge is 0.305 e.